The van der Waals surface area contributed by atoms with Crippen molar-refractivity contribution in [3.05, 3.63) is 11.6 Å². The number of fused-ring (bicyclic) bond motifs is 7. The summed E-state index contributed by atoms with van der Waals surface area (Å²) in [6.07, 6.45) is -21.7. The van der Waals surface area contributed by atoms with Crippen molar-refractivity contribution in [3.8, 4) is 0 Å². The van der Waals surface area contributed by atoms with Crippen molar-refractivity contribution in [2.24, 2.45) is 50.2 Å². The summed E-state index contributed by atoms with van der Waals surface area (Å²) in [6, 6.07) is 0. The lowest BCUT2D eigenvalue weighted by Gasteiger charge is -2.72. The van der Waals surface area contributed by atoms with Gasteiger partial charge in [0.25, 0.3) is 0 Å². The van der Waals surface area contributed by atoms with Crippen LogP contribution < -0.4 is 0 Å². The van der Waals surface area contributed by atoms with Gasteiger partial charge in [-0.05, 0) is 91.8 Å². The van der Waals surface area contributed by atoms with Crippen LogP contribution >= 0.6 is 0 Å². The van der Waals surface area contributed by atoms with E-state index >= 15 is 0 Å². The summed E-state index contributed by atoms with van der Waals surface area (Å²) in [6.45, 7) is 12.1. The molecule has 8 rings (SSSR count). The van der Waals surface area contributed by atoms with Crippen LogP contribution in [0.25, 0.3) is 0 Å². The number of hydrogen-bond donors (Lipinski definition) is 13. The van der Waals surface area contributed by atoms with Crippen molar-refractivity contribution < 1.29 is 99.6 Å². The number of ether oxygens (including phenoxy) is 6. The fraction of sp³-hybridized carbons (Fsp3) is 0.938. The monoisotopic (exact) mass is 975 g/mol. The number of aliphatic hydroxyl groups is 13. The smallest absolute Gasteiger partial charge is 0.315 e. The van der Waals surface area contributed by atoms with Crippen LogP contribution in [-0.4, -0.2) is 203 Å². The highest BCUT2D eigenvalue weighted by molar-refractivity contribution is 5.79. The molecule has 0 amide bonds. The molecule has 0 aromatic rings. The molecule has 4 saturated carbocycles. The summed E-state index contributed by atoms with van der Waals surface area (Å²) in [5.74, 6) is -1.51. The SMILES string of the molecule is C[C@H]1O[C@@H](O[C@H]2[C@H](O)[C@@H](O)[C@H](OC[C@H]3O[C@@H](OC(=O)[C@]45CCC(C)(C)C[C@@H]4C4=CC[C@@H]6[C@@]7(C)C[C@@H](O)[C@H](O)[C@@](C)(CO)[C@@H]7[C@H](O)C[C@@]6(C)[C@]4(C)CC5)[C@H](O)[C@@H](O)[C@@H]3O)O[C@@H]2CO)[C@H](O)[C@H](O)[C@H]1O. The lowest BCUT2D eigenvalue weighted by Crippen LogP contribution is -2.71. The Kier molecular flexibility index (Phi) is 14.3. The molecule has 8 aliphatic rings. The second-order valence-electron chi connectivity index (χ2n) is 23.7. The molecule has 7 fully saturated rings. The standard InChI is InChI=1S/C48H78O20/c1-20-28(53)30(55)33(58)40(64-20)67-36-25(17-49)65-39(35(60)32(36)57)63-18-26-29(54)31(56)34(59)41(66-26)68-42(62)48-12-10-43(2,3)14-22(48)21-8-9-27-44(4)15-24(52)38(61)45(5,19-50)37(44)23(51)16-47(27,7)46(21,6)11-13-48/h8,20,22-41,49-61H,9-19H2,1-7H3/t20-,22-,23-,24-,25-,26-,27-,28+,29-,30-,31+,32-,33-,34-,35-,36-,37-,38+,39-,40+,41+,44-,45+,46-,47-,48+/m1/s1. The Morgan fingerprint density at radius 3 is 1.96 bits per heavy atom. The summed E-state index contributed by atoms with van der Waals surface area (Å²) >= 11 is 0. The Labute approximate surface area is 396 Å². The predicted molar refractivity (Wildman–Crippen MR) is 233 cm³/mol. The van der Waals surface area contributed by atoms with Crippen LogP contribution in [0.2, 0.25) is 0 Å². The van der Waals surface area contributed by atoms with Gasteiger partial charge in [0.05, 0.1) is 49.7 Å². The molecule has 0 spiro atoms. The second-order valence-corrected chi connectivity index (χ2v) is 23.7. The van der Waals surface area contributed by atoms with Gasteiger partial charge in [-0.25, -0.2) is 0 Å². The lowest BCUT2D eigenvalue weighted by atomic mass is 9.33. The zero-order valence-corrected chi connectivity index (χ0v) is 40.2. The first-order valence-corrected chi connectivity index (χ1v) is 24.5. The van der Waals surface area contributed by atoms with E-state index in [-0.39, 0.29) is 23.7 Å². The number of aliphatic hydroxyl groups excluding tert-OH is 13. The largest absolute Gasteiger partial charge is 0.432 e. The number of esters is 1. The molecule has 26 atom stereocenters. The zero-order valence-electron chi connectivity index (χ0n) is 40.2. The average molecular weight is 975 g/mol. The van der Waals surface area contributed by atoms with E-state index in [0.717, 1.165) is 5.57 Å². The number of rotatable bonds is 9. The summed E-state index contributed by atoms with van der Waals surface area (Å²) in [4.78, 5) is 15.0. The first kappa shape index (κ1) is 52.8. The third-order valence-corrected chi connectivity index (χ3v) is 19.3. The van der Waals surface area contributed by atoms with Crippen molar-refractivity contribution >= 4 is 5.97 Å². The van der Waals surface area contributed by atoms with Gasteiger partial charge in [0, 0.05) is 11.3 Å². The topological polar surface area (TPSA) is 335 Å². The predicted octanol–water partition coefficient (Wildman–Crippen LogP) is -1.92. The summed E-state index contributed by atoms with van der Waals surface area (Å²) in [5.41, 5.74) is -3.01. The van der Waals surface area contributed by atoms with Crippen molar-refractivity contribution in [1.82, 2.24) is 0 Å². The third kappa shape index (κ3) is 8.07. The van der Waals surface area contributed by atoms with Gasteiger partial charge in [0.15, 0.2) is 12.6 Å². The van der Waals surface area contributed by atoms with Crippen LogP contribution in [0, 0.1) is 50.2 Å². The van der Waals surface area contributed by atoms with Gasteiger partial charge in [-0.2, -0.15) is 0 Å². The molecule has 0 aromatic carbocycles. The molecular weight excluding hydrogens is 897 g/mol. The minimum Gasteiger partial charge on any atom is -0.432 e. The van der Waals surface area contributed by atoms with E-state index in [2.05, 4.69) is 40.7 Å². The highest BCUT2D eigenvalue weighted by Gasteiger charge is 2.73. The van der Waals surface area contributed by atoms with Gasteiger partial charge in [-0.15, -0.1) is 0 Å². The van der Waals surface area contributed by atoms with Gasteiger partial charge in [-0.3, -0.25) is 4.79 Å². The summed E-state index contributed by atoms with van der Waals surface area (Å²) < 4.78 is 34.6. The number of carbonyl (C=O) groups excluding carboxylic acids is 1. The average Bonchev–Trinajstić information content (AvgIpc) is 3.28. The number of allylic oxidation sites excluding steroid dienone is 2. The van der Waals surface area contributed by atoms with E-state index in [0.29, 0.717) is 44.9 Å². The Morgan fingerprint density at radius 2 is 1.29 bits per heavy atom. The maximum atomic E-state index is 15.0. The second kappa shape index (κ2) is 18.5. The molecule has 20 nitrogen and oxygen atoms in total. The molecule has 3 saturated heterocycles. The van der Waals surface area contributed by atoms with E-state index in [1.165, 1.54) is 6.92 Å². The van der Waals surface area contributed by atoms with E-state index in [1.54, 1.807) is 6.92 Å². The van der Waals surface area contributed by atoms with Crippen LogP contribution in [0.4, 0.5) is 0 Å². The van der Waals surface area contributed by atoms with Crippen molar-refractivity contribution in [1.29, 1.82) is 0 Å². The van der Waals surface area contributed by atoms with Crippen LogP contribution in [0.15, 0.2) is 11.6 Å². The molecule has 5 aliphatic carbocycles. The highest BCUT2D eigenvalue weighted by Crippen LogP contribution is 2.76. The molecule has 0 bridgehead atoms. The Balaban J connectivity index is 0.991. The number of hydrogen-bond acceptors (Lipinski definition) is 20. The van der Waals surface area contributed by atoms with Gasteiger partial charge < -0.3 is 94.8 Å². The first-order valence-electron chi connectivity index (χ1n) is 24.5. The van der Waals surface area contributed by atoms with E-state index in [1.807, 2.05) is 0 Å². The number of carbonyl (C=O) groups is 1. The van der Waals surface area contributed by atoms with Crippen molar-refractivity contribution in [2.45, 2.75) is 210 Å². The van der Waals surface area contributed by atoms with Gasteiger partial charge in [0.2, 0.25) is 6.29 Å². The molecule has 3 aliphatic heterocycles. The zero-order chi connectivity index (χ0) is 50.0. The maximum absolute atomic E-state index is 15.0. The molecule has 0 unspecified atom stereocenters. The molecule has 20 heteroatoms. The summed E-state index contributed by atoms with van der Waals surface area (Å²) in [7, 11) is 0. The Morgan fingerprint density at radius 1 is 0.676 bits per heavy atom. The molecule has 0 aromatic heterocycles. The first-order chi connectivity index (χ1) is 31.7. The van der Waals surface area contributed by atoms with Crippen LogP contribution in [0.1, 0.15) is 99.8 Å². The van der Waals surface area contributed by atoms with Crippen LogP contribution in [0.3, 0.4) is 0 Å². The van der Waals surface area contributed by atoms with Gasteiger partial charge >= 0.3 is 5.97 Å². The normalized spacial score (nSPS) is 55.7. The fourth-order valence-electron chi connectivity index (χ4n) is 15.1. The molecular formula is C48H78O20. The van der Waals surface area contributed by atoms with E-state index in [9.17, 15) is 71.2 Å². The van der Waals surface area contributed by atoms with Crippen molar-refractivity contribution in [2.75, 3.05) is 19.8 Å². The summed E-state index contributed by atoms with van der Waals surface area (Å²) in [5, 5.41) is 142. The van der Waals surface area contributed by atoms with Crippen LogP contribution in [0.5, 0.6) is 0 Å². The fourth-order valence-corrected chi connectivity index (χ4v) is 15.1. The minimum absolute atomic E-state index is 0.0494. The minimum atomic E-state index is -1.89. The molecule has 3 heterocycles. The van der Waals surface area contributed by atoms with E-state index in [4.69, 9.17) is 28.4 Å². The lowest BCUT2D eigenvalue weighted by molar-refractivity contribution is -0.361. The molecule has 0 radical (unpaired) electrons. The van der Waals surface area contributed by atoms with E-state index < -0.39 is 169 Å². The van der Waals surface area contributed by atoms with Crippen molar-refractivity contribution in [3.63, 3.8) is 0 Å². The molecule has 390 valence electrons. The Hall–Kier alpha value is -1.51. The maximum Gasteiger partial charge on any atom is 0.315 e. The third-order valence-electron chi connectivity index (χ3n) is 19.3. The Bertz CT molecular complexity index is 1870. The quantitative estimate of drug-likeness (QED) is 0.0885. The van der Waals surface area contributed by atoms with Crippen LogP contribution in [-0.2, 0) is 33.2 Å². The molecule has 68 heavy (non-hydrogen) atoms. The van der Waals surface area contributed by atoms with Gasteiger partial charge in [0.1, 0.15) is 67.1 Å². The molecule has 13 N–H and O–H groups in total. The van der Waals surface area contributed by atoms with Gasteiger partial charge in [-0.1, -0.05) is 53.2 Å². The highest BCUT2D eigenvalue weighted by atomic mass is 16.8.